The fraction of sp³-hybridized carbons (Fsp3) is 0.460. The van der Waals surface area contributed by atoms with E-state index in [4.69, 9.17) is 39.2 Å². The maximum atomic E-state index is 14.6. The summed E-state index contributed by atoms with van der Waals surface area (Å²) < 4.78 is 64.0. The number of phosphoric acid groups is 1. The van der Waals surface area contributed by atoms with Crippen LogP contribution in [-0.2, 0) is 36.8 Å². The molecular weight excluding hydrogens is 1100 g/mol. The molecule has 9 rings (SSSR count). The predicted molar refractivity (Wildman–Crippen MR) is 289 cm³/mol. The number of nitrogens with zero attached hydrogens (tertiary/aromatic N) is 6. The predicted octanol–water partition coefficient (Wildman–Crippen LogP) is 4.30. The monoisotopic (exact) mass is 1170 g/mol. The summed E-state index contributed by atoms with van der Waals surface area (Å²) in [6, 6.07) is 16.0. The van der Waals surface area contributed by atoms with E-state index in [1.165, 1.54) is 10.9 Å². The first kappa shape index (κ1) is 58.5. The Labute approximate surface area is 458 Å². The van der Waals surface area contributed by atoms with Crippen LogP contribution in [0.3, 0.4) is 0 Å². The van der Waals surface area contributed by atoms with Crippen LogP contribution < -0.4 is 41.9 Å². The van der Waals surface area contributed by atoms with Gasteiger partial charge in [0.05, 0.1) is 23.8 Å². The number of rotatable bonds is 18. The zero-order chi connectivity index (χ0) is 57.9. The van der Waals surface area contributed by atoms with Crippen molar-refractivity contribution in [2.45, 2.75) is 115 Å². The number of aliphatic hydroxyl groups excluding tert-OH is 1. The summed E-state index contributed by atoms with van der Waals surface area (Å²) in [5.74, 6) is 1.14. The smallest absolute Gasteiger partial charge is 0.456 e. The van der Waals surface area contributed by atoms with E-state index in [1.807, 2.05) is 30.3 Å². The van der Waals surface area contributed by atoms with E-state index in [0.29, 0.717) is 17.1 Å². The Morgan fingerprint density at radius 1 is 0.925 bits per heavy atom. The highest BCUT2D eigenvalue weighted by atomic mass is 31.3. The minimum atomic E-state index is -5.64. The van der Waals surface area contributed by atoms with Crippen molar-refractivity contribution in [3.8, 4) is 11.5 Å². The molecule has 4 aliphatic rings. The first-order valence-corrected chi connectivity index (χ1v) is 30.3. The Balaban J connectivity index is 0.834. The van der Waals surface area contributed by atoms with Gasteiger partial charge in [0.1, 0.15) is 35.6 Å². The molecular formula is C50H64N11O16P3. The summed E-state index contributed by atoms with van der Waals surface area (Å²) in [5, 5.41) is 22.0. The van der Waals surface area contributed by atoms with Gasteiger partial charge in [-0.05, 0) is 93.7 Å². The second kappa shape index (κ2) is 22.3. The molecule has 3 amide bonds. The summed E-state index contributed by atoms with van der Waals surface area (Å²) in [7, 11) is -15.0. The normalized spacial score (nSPS) is 23.1. The molecule has 8 atom stereocenters. The third-order valence-electron chi connectivity index (χ3n) is 14.1. The number of nitrogen functional groups attached to an aromatic ring is 1. The second-order valence-electron chi connectivity index (χ2n) is 21.6. The Morgan fingerprint density at radius 3 is 2.40 bits per heavy atom. The van der Waals surface area contributed by atoms with Crippen LogP contribution in [0, 0.1) is 0 Å². The van der Waals surface area contributed by atoms with Gasteiger partial charge in [-0.15, -0.1) is 4.86 Å². The summed E-state index contributed by atoms with van der Waals surface area (Å²) in [5.41, 5.74) is 12.0. The molecule has 0 bridgehead atoms. The lowest BCUT2D eigenvalue weighted by atomic mass is 9.79. The van der Waals surface area contributed by atoms with E-state index in [0.717, 1.165) is 68.1 Å². The number of carbonyl (C=O) groups is 3. The summed E-state index contributed by atoms with van der Waals surface area (Å²) in [4.78, 5) is 98.2. The van der Waals surface area contributed by atoms with Gasteiger partial charge in [-0.2, -0.15) is 4.31 Å². The average molecular weight is 1170 g/mol. The van der Waals surface area contributed by atoms with Crippen molar-refractivity contribution >= 4 is 69.5 Å². The first-order valence-electron chi connectivity index (χ1n) is 25.6. The molecule has 11 N–H and O–H groups in total. The van der Waals surface area contributed by atoms with Crippen molar-refractivity contribution in [3.05, 3.63) is 99.6 Å². The Morgan fingerprint density at radius 2 is 1.65 bits per heavy atom. The Hall–Kier alpha value is -6.18. The van der Waals surface area contributed by atoms with Gasteiger partial charge in [-0.1, -0.05) is 32.0 Å². The first-order chi connectivity index (χ1) is 37.5. The number of anilines is 2. The number of phosphoric ester groups is 1. The largest absolute Gasteiger partial charge is 0.480 e. The Kier molecular flexibility index (Phi) is 16.3. The summed E-state index contributed by atoms with van der Waals surface area (Å²) in [6.45, 7) is 12.0. The maximum absolute atomic E-state index is 14.6. The molecule has 0 saturated carbocycles. The van der Waals surface area contributed by atoms with Crippen molar-refractivity contribution < 1.29 is 75.8 Å². The zero-order valence-electron chi connectivity index (χ0n) is 44.7. The number of hydrogen-bond donors (Lipinski definition) is 10. The molecule has 27 nitrogen and oxygen atoms in total. The molecule has 0 spiro atoms. The third kappa shape index (κ3) is 12.9. The molecule has 430 valence electrons. The fourth-order valence-electron chi connectivity index (χ4n) is 10.9. The van der Waals surface area contributed by atoms with Gasteiger partial charge in [-0.3, -0.25) is 23.7 Å². The topological polar surface area (TPSA) is 383 Å². The standard InChI is InChI=1S/C50H64N11O16P3/c1-26-21-49(3,4)57-34-19-36-32(17-30(26)34)40(33-18-31-27(2)22-50(5,6)58-35(31)20-37(33)74-36)28-11-8-9-12-29(28)46(64)60(7)16-10-13-39(62)52-14-15-53-48(65)76-43-38(23-73-80(71,72)77-79(69,70)59-78(66,67)68)75-47(42(43)63)61-25-56-41-44(51)54-24-55-45(41)61/h8-9,11-12,17-20,24-27,38,42-43,47,57,63H,10,13-16,21-23H2,1-7H3,(H,52,62)(H,53,65)(H,71,72)(H2,51,54,55)(H4,59,66,67,68,69,70)/t26?,27?,38-,42-,43-,47-/m1/s1. The molecule has 80 heavy (non-hydrogen) atoms. The summed E-state index contributed by atoms with van der Waals surface area (Å²) >= 11 is 0. The van der Waals surface area contributed by atoms with Crippen molar-refractivity contribution in [1.29, 1.82) is 0 Å². The highest BCUT2D eigenvalue weighted by Gasteiger charge is 2.50. The van der Waals surface area contributed by atoms with Crippen LogP contribution in [0.15, 0.2) is 66.2 Å². The van der Waals surface area contributed by atoms with Gasteiger partial charge in [0.2, 0.25) is 5.91 Å². The van der Waals surface area contributed by atoms with Gasteiger partial charge in [0, 0.05) is 78.4 Å². The zero-order valence-corrected chi connectivity index (χ0v) is 47.4. The molecule has 5 aromatic rings. The molecule has 6 heterocycles. The molecule has 2 aromatic heterocycles. The van der Waals surface area contributed by atoms with Gasteiger partial charge < -0.3 is 65.5 Å². The number of imidazole rings is 1. The minimum Gasteiger partial charge on any atom is -0.456 e. The van der Waals surface area contributed by atoms with Crippen LogP contribution in [0.2, 0.25) is 0 Å². The second-order valence-corrected chi connectivity index (χ2v) is 26.4. The van der Waals surface area contributed by atoms with Crippen LogP contribution in [0.1, 0.15) is 118 Å². The lowest BCUT2D eigenvalue weighted by molar-refractivity contribution is -0.121. The van der Waals surface area contributed by atoms with Gasteiger partial charge >= 0.3 is 29.4 Å². The number of aliphatic hydroxyl groups is 1. The average Bonchev–Trinajstić information content (AvgIpc) is 3.98. The molecule has 0 aliphatic carbocycles. The minimum absolute atomic E-state index is 0.0200. The number of ether oxygens (including phenoxy) is 3. The van der Waals surface area contributed by atoms with Gasteiger partial charge in [0.15, 0.2) is 23.8 Å². The van der Waals surface area contributed by atoms with Gasteiger partial charge in [-0.25, -0.2) is 33.4 Å². The number of aromatic nitrogens is 4. The lowest BCUT2D eigenvalue weighted by Gasteiger charge is -2.38. The maximum Gasteiger partial charge on any atom is 0.480 e. The number of alkyl carbamates (subject to hydrolysis) is 1. The van der Waals surface area contributed by atoms with E-state index in [1.54, 1.807) is 11.9 Å². The lowest BCUT2D eigenvalue weighted by Crippen LogP contribution is -2.42. The Bertz CT molecular complexity index is 3560. The van der Waals surface area contributed by atoms with E-state index in [2.05, 4.69) is 95.0 Å². The quantitative estimate of drug-likeness (QED) is 0.0423. The van der Waals surface area contributed by atoms with E-state index in [-0.39, 0.29) is 84.2 Å². The molecule has 4 aliphatic heterocycles. The molecule has 4 unspecified atom stereocenters. The number of benzene rings is 3. The van der Waals surface area contributed by atoms with Crippen LogP contribution >= 0.6 is 23.3 Å². The molecule has 3 aromatic carbocycles. The van der Waals surface area contributed by atoms with Crippen LogP contribution in [0.4, 0.5) is 16.3 Å². The van der Waals surface area contributed by atoms with Crippen LogP contribution in [-0.4, -0.2) is 130 Å². The molecule has 1 fully saturated rings. The van der Waals surface area contributed by atoms with Crippen molar-refractivity contribution in [1.82, 2.24) is 39.9 Å². The van der Waals surface area contributed by atoms with E-state index >= 15 is 0 Å². The number of hydrogen-bond acceptors (Lipinski definition) is 18. The third-order valence-corrected chi connectivity index (χ3v) is 18.3. The number of fused-ring (bicyclic) bond motifs is 5. The van der Waals surface area contributed by atoms with Crippen molar-refractivity contribution in [3.63, 3.8) is 0 Å². The number of nitrogens with two attached hydrogens (primary N) is 1. The van der Waals surface area contributed by atoms with Crippen LogP contribution in [0.25, 0.3) is 16.7 Å². The highest BCUT2D eigenvalue weighted by molar-refractivity contribution is 7.70. The van der Waals surface area contributed by atoms with E-state index < -0.39 is 60.6 Å². The SMILES string of the molecule is CC1CC(C)(C)Nc2cc3c(cc21)C(c1ccccc1C(=O)N(C)CCCC(=O)NCCNC(=O)O[C@H]1[C@@H](O)[C@H](n2cnc4c(N)ncnc42)O[C@@H]1COP(=O)(O)OP(=O)(O)NP(=O)(O)O)=c1cc2c(cc1O3)=NC(C)(C)CC2C. The van der Waals surface area contributed by atoms with Crippen molar-refractivity contribution in [2.24, 2.45) is 4.99 Å². The summed E-state index contributed by atoms with van der Waals surface area (Å²) in [6.07, 6.45) is -3.33. The van der Waals surface area contributed by atoms with E-state index in [9.17, 15) is 43.0 Å². The van der Waals surface area contributed by atoms with Gasteiger partial charge in [0.25, 0.3) is 5.91 Å². The number of amides is 3. The molecule has 30 heteroatoms. The van der Waals surface area contributed by atoms with Crippen molar-refractivity contribution in [2.75, 3.05) is 44.3 Å². The number of carbonyl (C=O) groups excluding carboxylic acids is 3. The fourth-order valence-corrected chi connectivity index (χ4v) is 14.4. The van der Waals surface area contributed by atoms with Crippen LogP contribution in [0.5, 0.6) is 11.5 Å². The molecule has 1 saturated heterocycles. The highest BCUT2D eigenvalue weighted by Crippen LogP contribution is 2.61. The molecule has 0 radical (unpaired) electrons. The number of nitrogens with one attached hydrogen (secondary N) is 4.